The Hall–Kier alpha value is -4.14. The molecule has 0 aliphatic carbocycles. The van der Waals surface area contributed by atoms with Crippen LogP contribution in [0.4, 0.5) is 4.79 Å². The highest BCUT2D eigenvalue weighted by molar-refractivity contribution is 6.21. The Morgan fingerprint density at radius 1 is 1.00 bits per heavy atom. The first-order valence-corrected chi connectivity index (χ1v) is 10.4. The molecule has 9 nitrogen and oxygen atoms in total. The molecule has 1 aromatic heterocycles. The van der Waals surface area contributed by atoms with E-state index >= 15 is 0 Å². The molecule has 0 radical (unpaired) electrons. The van der Waals surface area contributed by atoms with Crippen LogP contribution in [0.15, 0.2) is 54.7 Å². The summed E-state index contributed by atoms with van der Waals surface area (Å²) in [5.41, 5.74) is 1.09. The third-order valence-corrected chi connectivity index (χ3v) is 5.01. The van der Waals surface area contributed by atoms with Gasteiger partial charge in [-0.3, -0.25) is 9.59 Å². The van der Waals surface area contributed by atoms with E-state index in [-0.39, 0.29) is 17.5 Å². The Balaban J connectivity index is 1.57. The van der Waals surface area contributed by atoms with Gasteiger partial charge in [0.15, 0.2) is 0 Å². The molecule has 1 atom stereocenters. The lowest BCUT2D eigenvalue weighted by Gasteiger charge is -2.23. The lowest BCUT2D eigenvalue weighted by molar-refractivity contribution is -0.171. The third kappa shape index (κ3) is 4.57. The molecule has 3 amide bonds. The zero-order valence-electron chi connectivity index (χ0n) is 18.4. The number of H-pyrrole nitrogens is 1. The number of nitrogens with one attached hydrogen (secondary N) is 2. The van der Waals surface area contributed by atoms with Crippen LogP contribution in [0.1, 0.15) is 47.1 Å². The second-order valence-corrected chi connectivity index (χ2v) is 8.62. The second-order valence-electron chi connectivity index (χ2n) is 8.62. The van der Waals surface area contributed by atoms with Gasteiger partial charge in [-0.05, 0) is 44.5 Å². The average molecular weight is 449 g/mol. The van der Waals surface area contributed by atoms with Gasteiger partial charge in [-0.1, -0.05) is 35.4 Å². The maximum atomic E-state index is 13.1. The van der Waals surface area contributed by atoms with E-state index in [0.717, 1.165) is 16.5 Å². The van der Waals surface area contributed by atoms with Gasteiger partial charge in [0.25, 0.3) is 11.8 Å². The predicted octanol–water partition coefficient (Wildman–Crippen LogP) is 3.36. The summed E-state index contributed by atoms with van der Waals surface area (Å²) >= 11 is 0. The first kappa shape index (κ1) is 22.1. The molecule has 0 fully saturated rings. The Labute approximate surface area is 189 Å². The minimum absolute atomic E-state index is 0.0469. The van der Waals surface area contributed by atoms with Crippen molar-refractivity contribution >= 4 is 34.8 Å². The van der Waals surface area contributed by atoms with Crippen LogP contribution in [0.3, 0.4) is 0 Å². The number of alkyl carbamates (subject to hydrolysis) is 1. The van der Waals surface area contributed by atoms with Crippen LogP contribution >= 0.6 is 0 Å². The number of amides is 3. The number of aromatic amines is 1. The Bertz CT molecular complexity index is 1220. The summed E-state index contributed by atoms with van der Waals surface area (Å²) in [7, 11) is 0. The molecule has 2 heterocycles. The van der Waals surface area contributed by atoms with Crippen molar-refractivity contribution in [3.05, 3.63) is 71.4 Å². The number of hydrogen-bond donors (Lipinski definition) is 2. The SMILES string of the molecule is CC(C)(C)OC(=O)N[C@@H](Cc1c[nH]c2ccccc12)C(=O)ON1C(=O)c2ccccc2C1=O. The van der Waals surface area contributed by atoms with Gasteiger partial charge in [-0.25, -0.2) is 9.59 Å². The van der Waals surface area contributed by atoms with Crippen molar-refractivity contribution in [1.29, 1.82) is 0 Å². The lowest BCUT2D eigenvalue weighted by atomic mass is 10.1. The number of carbonyl (C=O) groups is 4. The molecule has 33 heavy (non-hydrogen) atoms. The average Bonchev–Trinajstić information content (AvgIpc) is 3.27. The molecule has 2 aromatic carbocycles. The maximum Gasteiger partial charge on any atom is 0.408 e. The largest absolute Gasteiger partial charge is 0.444 e. The second kappa shape index (κ2) is 8.42. The van der Waals surface area contributed by atoms with Gasteiger partial charge in [-0.2, -0.15) is 0 Å². The van der Waals surface area contributed by atoms with Gasteiger partial charge < -0.3 is 19.9 Å². The summed E-state index contributed by atoms with van der Waals surface area (Å²) in [5.74, 6) is -2.46. The van der Waals surface area contributed by atoms with Crippen LogP contribution in [0.2, 0.25) is 0 Å². The maximum absolute atomic E-state index is 13.1. The third-order valence-electron chi connectivity index (χ3n) is 5.01. The van der Waals surface area contributed by atoms with Crippen LogP contribution in [0.5, 0.6) is 0 Å². The van der Waals surface area contributed by atoms with E-state index in [1.165, 1.54) is 12.1 Å². The standard InChI is InChI=1S/C24H23N3O6/c1-24(2,3)32-23(31)26-19(12-14-13-25-18-11-7-6-8-15(14)18)22(30)33-27-20(28)16-9-4-5-10-17(16)21(27)29/h4-11,13,19,25H,12H2,1-3H3,(H,26,31)/t19-/m0/s1. The van der Waals surface area contributed by atoms with E-state index in [0.29, 0.717) is 5.06 Å². The van der Waals surface area contributed by atoms with Crippen molar-refractivity contribution in [1.82, 2.24) is 15.4 Å². The van der Waals surface area contributed by atoms with E-state index in [2.05, 4.69) is 10.3 Å². The van der Waals surface area contributed by atoms with Gasteiger partial charge in [-0.15, -0.1) is 0 Å². The first-order chi connectivity index (χ1) is 15.6. The fourth-order valence-corrected chi connectivity index (χ4v) is 3.57. The minimum atomic E-state index is -1.22. The summed E-state index contributed by atoms with van der Waals surface area (Å²) in [6.07, 6.45) is 0.946. The van der Waals surface area contributed by atoms with Crippen LogP contribution < -0.4 is 5.32 Å². The molecule has 170 valence electrons. The Kier molecular flexibility index (Phi) is 5.63. The molecule has 9 heteroatoms. The van der Waals surface area contributed by atoms with Crippen molar-refractivity contribution in [2.24, 2.45) is 0 Å². The summed E-state index contributed by atoms with van der Waals surface area (Å²) in [6, 6.07) is 12.4. The smallest absolute Gasteiger partial charge is 0.408 e. The number of hydrogen-bond acceptors (Lipinski definition) is 6. The quantitative estimate of drug-likeness (QED) is 0.577. The summed E-state index contributed by atoms with van der Waals surface area (Å²) in [6.45, 7) is 5.08. The van der Waals surface area contributed by atoms with E-state index in [9.17, 15) is 19.2 Å². The number of rotatable bonds is 5. The Morgan fingerprint density at radius 3 is 2.24 bits per heavy atom. The number of fused-ring (bicyclic) bond motifs is 2. The molecule has 0 saturated carbocycles. The molecule has 2 N–H and O–H groups in total. The highest BCUT2D eigenvalue weighted by atomic mass is 16.7. The number of nitrogens with zero attached hydrogens (tertiary/aromatic N) is 1. The summed E-state index contributed by atoms with van der Waals surface area (Å²) in [5, 5.41) is 3.79. The molecule has 0 saturated heterocycles. The zero-order chi connectivity index (χ0) is 23.8. The van der Waals surface area contributed by atoms with Crippen LogP contribution in [0, 0.1) is 0 Å². The number of aromatic nitrogens is 1. The van der Waals surface area contributed by atoms with Crippen LogP contribution in [0.25, 0.3) is 10.9 Å². The highest BCUT2D eigenvalue weighted by Gasteiger charge is 2.40. The highest BCUT2D eigenvalue weighted by Crippen LogP contribution is 2.24. The van der Waals surface area contributed by atoms with Gasteiger partial charge >= 0.3 is 12.1 Å². The van der Waals surface area contributed by atoms with Crippen LogP contribution in [-0.4, -0.2) is 45.6 Å². The normalized spacial score (nSPS) is 14.2. The fourth-order valence-electron chi connectivity index (χ4n) is 3.57. The number of imide groups is 1. The number of carbonyl (C=O) groups excluding carboxylic acids is 4. The first-order valence-electron chi connectivity index (χ1n) is 10.4. The zero-order valence-corrected chi connectivity index (χ0v) is 18.4. The molecule has 3 aromatic rings. The number of hydroxylamine groups is 2. The molecular formula is C24H23N3O6. The topological polar surface area (TPSA) is 118 Å². The minimum Gasteiger partial charge on any atom is -0.444 e. The lowest BCUT2D eigenvalue weighted by Crippen LogP contribution is -2.48. The number of benzene rings is 2. The number of para-hydroxylation sites is 1. The fraction of sp³-hybridized carbons (Fsp3) is 0.250. The van der Waals surface area contributed by atoms with Crippen molar-refractivity contribution in [3.8, 4) is 0 Å². The summed E-state index contributed by atoms with van der Waals surface area (Å²) < 4.78 is 5.27. The Morgan fingerprint density at radius 2 is 1.61 bits per heavy atom. The number of ether oxygens (including phenoxy) is 1. The van der Waals surface area contributed by atoms with Gasteiger partial charge in [0.05, 0.1) is 11.1 Å². The molecular weight excluding hydrogens is 426 g/mol. The molecule has 1 aliphatic rings. The van der Waals surface area contributed by atoms with Crippen molar-refractivity contribution in [2.45, 2.75) is 38.8 Å². The van der Waals surface area contributed by atoms with Crippen LogP contribution in [-0.2, 0) is 20.8 Å². The van der Waals surface area contributed by atoms with Crippen molar-refractivity contribution in [3.63, 3.8) is 0 Å². The van der Waals surface area contributed by atoms with E-state index in [1.54, 1.807) is 39.1 Å². The van der Waals surface area contributed by atoms with E-state index < -0.39 is 35.5 Å². The molecule has 1 aliphatic heterocycles. The van der Waals surface area contributed by atoms with Crippen molar-refractivity contribution in [2.75, 3.05) is 0 Å². The van der Waals surface area contributed by atoms with E-state index in [1.807, 2.05) is 24.3 Å². The molecule has 0 unspecified atom stereocenters. The predicted molar refractivity (Wildman–Crippen MR) is 118 cm³/mol. The summed E-state index contributed by atoms with van der Waals surface area (Å²) in [4.78, 5) is 58.9. The monoisotopic (exact) mass is 449 g/mol. The van der Waals surface area contributed by atoms with Gasteiger partial charge in [0.1, 0.15) is 11.6 Å². The van der Waals surface area contributed by atoms with Gasteiger partial charge in [0, 0.05) is 23.5 Å². The van der Waals surface area contributed by atoms with E-state index in [4.69, 9.17) is 9.57 Å². The molecule has 0 bridgehead atoms. The van der Waals surface area contributed by atoms with Crippen molar-refractivity contribution < 1.29 is 28.8 Å². The molecule has 0 spiro atoms. The van der Waals surface area contributed by atoms with Gasteiger partial charge in [0.2, 0.25) is 0 Å². The molecule has 4 rings (SSSR count).